The lowest BCUT2D eigenvalue weighted by molar-refractivity contribution is -0.252. The summed E-state index contributed by atoms with van der Waals surface area (Å²) < 4.78 is 17.9. The maximum absolute atomic E-state index is 12.1. The summed E-state index contributed by atoms with van der Waals surface area (Å²) in [5.74, 6) is -0.480. The van der Waals surface area contributed by atoms with E-state index in [1.807, 2.05) is 79.9 Å². The minimum atomic E-state index is -0.564. The number of rotatable bonds is 13. The number of amides is 2. The summed E-state index contributed by atoms with van der Waals surface area (Å²) in [7, 11) is 2.05. The Morgan fingerprint density at radius 3 is 2.47 bits per heavy atom. The van der Waals surface area contributed by atoms with Gasteiger partial charge in [-0.15, -0.1) is 6.58 Å². The van der Waals surface area contributed by atoms with Crippen molar-refractivity contribution in [3.05, 3.63) is 108 Å². The van der Waals surface area contributed by atoms with Crippen molar-refractivity contribution in [3.63, 3.8) is 0 Å². The fourth-order valence-electron chi connectivity index (χ4n) is 5.01. The standard InChI is InChI=1S/C34H41N3O6/c1-4-16-37(3)22-30-19-31(26-14-12-24(23-38)13-15-26)43-33(42-30)29-11-7-10-28(18-29)27-9-6-8-25(17-27)20-35-34(40)36-21-32(39)41-5-2/h4,6-15,17-18,30-31,33,38H,1,5,16,19-23H2,2-3H3,(H2,35,36,40). The Morgan fingerprint density at radius 1 is 1.00 bits per heavy atom. The molecule has 0 spiro atoms. The molecule has 228 valence electrons. The van der Waals surface area contributed by atoms with Gasteiger partial charge in [0.25, 0.3) is 0 Å². The summed E-state index contributed by atoms with van der Waals surface area (Å²) in [4.78, 5) is 25.8. The van der Waals surface area contributed by atoms with Gasteiger partial charge in [0.15, 0.2) is 6.29 Å². The van der Waals surface area contributed by atoms with Gasteiger partial charge in [-0.3, -0.25) is 4.79 Å². The second kappa shape index (κ2) is 16.0. The Labute approximate surface area is 253 Å². The van der Waals surface area contributed by atoms with E-state index in [2.05, 4.69) is 28.2 Å². The molecule has 3 atom stereocenters. The molecule has 3 aromatic carbocycles. The number of hydrogen-bond acceptors (Lipinski definition) is 7. The van der Waals surface area contributed by atoms with E-state index < -0.39 is 18.3 Å². The lowest BCUT2D eigenvalue weighted by atomic mass is 9.98. The molecule has 0 bridgehead atoms. The van der Waals surface area contributed by atoms with Crippen molar-refractivity contribution in [1.29, 1.82) is 0 Å². The molecular weight excluding hydrogens is 546 g/mol. The first-order valence-electron chi connectivity index (χ1n) is 14.5. The van der Waals surface area contributed by atoms with Crippen molar-refractivity contribution in [3.8, 4) is 11.1 Å². The highest BCUT2D eigenvalue weighted by molar-refractivity contribution is 5.80. The van der Waals surface area contributed by atoms with E-state index in [-0.39, 0.29) is 32.0 Å². The average Bonchev–Trinajstić information content (AvgIpc) is 3.03. The first kappa shape index (κ1) is 31.9. The number of nitrogens with zero attached hydrogens (tertiary/aromatic N) is 1. The molecular formula is C34H41N3O6. The molecule has 3 N–H and O–H groups in total. The van der Waals surface area contributed by atoms with Gasteiger partial charge in [0.2, 0.25) is 0 Å². The summed E-state index contributed by atoms with van der Waals surface area (Å²) in [5.41, 5.74) is 5.71. The van der Waals surface area contributed by atoms with Gasteiger partial charge in [0, 0.05) is 31.6 Å². The Hall–Kier alpha value is -4.02. The Morgan fingerprint density at radius 2 is 1.74 bits per heavy atom. The van der Waals surface area contributed by atoms with Crippen molar-refractivity contribution in [1.82, 2.24) is 15.5 Å². The fraction of sp³-hybridized carbons (Fsp3) is 0.353. The van der Waals surface area contributed by atoms with Crippen LogP contribution < -0.4 is 10.6 Å². The Bertz CT molecular complexity index is 1360. The van der Waals surface area contributed by atoms with Crippen molar-refractivity contribution in [2.45, 2.75) is 45.0 Å². The third-order valence-corrected chi connectivity index (χ3v) is 7.14. The van der Waals surface area contributed by atoms with Gasteiger partial charge in [0.05, 0.1) is 25.4 Å². The maximum atomic E-state index is 12.1. The molecule has 1 saturated heterocycles. The van der Waals surface area contributed by atoms with E-state index in [1.54, 1.807) is 6.92 Å². The number of nitrogens with one attached hydrogen (secondary N) is 2. The molecule has 9 heteroatoms. The van der Waals surface area contributed by atoms with Crippen LogP contribution in [0.4, 0.5) is 4.79 Å². The zero-order valence-corrected chi connectivity index (χ0v) is 24.8. The van der Waals surface area contributed by atoms with Crippen LogP contribution in [0.1, 0.15) is 48.0 Å². The van der Waals surface area contributed by atoms with Crippen LogP contribution in [0.5, 0.6) is 0 Å². The number of aliphatic hydroxyl groups excluding tert-OH is 1. The van der Waals surface area contributed by atoms with E-state index >= 15 is 0 Å². The number of carbonyl (C=O) groups excluding carboxylic acids is 2. The molecule has 1 heterocycles. The van der Waals surface area contributed by atoms with Crippen molar-refractivity contribution in [2.75, 3.05) is 33.3 Å². The number of aliphatic hydroxyl groups is 1. The number of esters is 1. The lowest BCUT2D eigenvalue weighted by Gasteiger charge is -2.37. The maximum Gasteiger partial charge on any atom is 0.325 e. The average molecular weight is 588 g/mol. The second-order valence-electron chi connectivity index (χ2n) is 10.5. The summed E-state index contributed by atoms with van der Waals surface area (Å²) in [6.45, 7) is 7.44. The first-order chi connectivity index (χ1) is 20.9. The SMILES string of the molecule is C=CCN(C)CC1CC(c2ccc(CO)cc2)OC(c2cccc(-c3cccc(CNC(=O)NCC(=O)OCC)c3)c2)O1. The first-order valence-corrected chi connectivity index (χ1v) is 14.5. The molecule has 3 unspecified atom stereocenters. The van der Waals surface area contributed by atoms with Crippen LogP contribution >= 0.6 is 0 Å². The highest BCUT2D eigenvalue weighted by atomic mass is 16.7. The van der Waals surface area contributed by atoms with Gasteiger partial charge in [-0.05, 0) is 53.9 Å². The molecule has 1 fully saturated rings. The van der Waals surface area contributed by atoms with E-state index in [1.165, 1.54) is 0 Å². The van der Waals surface area contributed by atoms with Gasteiger partial charge in [0.1, 0.15) is 6.54 Å². The van der Waals surface area contributed by atoms with Gasteiger partial charge in [-0.1, -0.05) is 66.7 Å². The van der Waals surface area contributed by atoms with Crippen molar-refractivity contribution < 1.29 is 28.9 Å². The van der Waals surface area contributed by atoms with Gasteiger partial charge in [-0.2, -0.15) is 0 Å². The molecule has 0 radical (unpaired) electrons. The molecule has 0 aromatic heterocycles. The monoisotopic (exact) mass is 587 g/mol. The summed E-state index contributed by atoms with van der Waals surface area (Å²) in [6.07, 6.45) is 1.80. The minimum absolute atomic E-state index is 0.000745. The Balaban J connectivity index is 1.48. The number of likely N-dealkylation sites (N-methyl/N-ethyl adjacent to an activating group) is 1. The highest BCUT2D eigenvalue weighted by Gasteiger charge is 2.32. The van der Waals surface area contributed by atoms with Gasteiger partial charge < -0.3 is 34.9 Å². The van der Waals surface area contributed by atoms with Gasteiger partial charge >= 0.3 is 12.0 Å². The minimum Gasteiger partial charge on any atom is -0.465 e. The summed E-state index contributed by atoms with van der Waals surface area (Å²) >= 11 is 0. The molecule has 1 aliphatic rings. The predicted octanol–water partition coefficient (Wildman–Crippen LogP) is 4.87. The third kappa shape index (κ3) is 9.49. The van der Waals surface area contributed by atoms with Crippen LogP contribution in [-0.4, -0.2) is 61.4 Å². The molecule has 4 rings (SSSR count). The van der Waals surface area contributed by atoms with Crippen LogP contribution in [0, 0.1) is 0 Å². The van der Waals surface area contributed by atoms with Crippen LogP contribution in [0.25, 0.3) is 11.1 Å². The molecule has 0 aliphatic carbocycles. The summed E-state index contributed by atoms with van der Waals surface area (Å²) in [5, 5.41) is 14.7. The summed E-state index contributed by atoms with van der Waals surface area (Å²) in [6, 6.07) is 23.5. The van der Waals surface area contributed by atoms with E-state index in [4.69, 9.17) is 14.2 Å². The third-order valence-electron chi connectivity index (χ3n) is 7.14. The predicted molar refractivity (Wildman–Crippen MR) is 165 cm³/mol. The highest BCUT2D eigenvalue weighted by Crippen LogP contribution is 2.39. The van der Waals surface area contributed by atoms with Crippen LogP contribution in [0.3, 0.4) is 0 Å². The number of urea groups is 1. The van der Waals surface area contributed by atoms with E-state index in [9.17, 15) is 14.7 Å². The zero-order valence-electron chi connectivity index (χ0n) is 24.8. The van der Waals surface area contributed by atoms with Crippen molar-refractivity contribution >= 4 is 12.0 Å². The zero-order chi connectivity index (χ0) is 30.6. The largest absolute Gasteiger partial charge is 0.465 e. The second-order valence-corrected chi connectivity index (χ2v) is 10.5. The van der Waals surface area contributed by atoms with E-state index in [0.29, 0.717) is 13.0 Å². The van der Waals surface area contributed by atoms with Gasteiger partial charge in [-0.25, -0.2) is 4.79 Å². The number of benzene rings is 3. The van der Waals surface area contributed by atoms with E-state index in [0.717, 1.165) is 46.5 Å². The number of hydrogen-bond donors (Lipinski definition) is 3. The molecule has 3 aromatic rings. The fourth-order valence-corrected chi connectivity index (χ4v) is 5.01. The van der Waals surface area contributed by atoms with Crippen LogP contribution in [0.2, 0.25) is 0 Å². The topological polar surface area (TPSA) is 109 Å². The van der Waals surface area contributed by atoms with Crippen LogP contribution in [0.15, 0.2) is 85.5 Å². The normalized spacial score (nSPS) is 18.2. The quantitative estimate of drug-likeness (QED) is 0.193. The number of ether oxygens (including phenoxy) is 3. The smallest absolute Gasteiger partial charge is 0.325 e. The molecule has 9 nitrogen and oxygen atoms in total. The molecule has 2 amide bonds. The number of carbonyl (C=O) groups is 2. The van der Waals surface area contributed by atoms with Crippen LogP contribution in [-0.2, 0) is 32.2 Å². The lowest BCUT2D eigenvalue weighted by Crippen LogP contribution is -2.38. The van der Waals surface area contributed by atoms with Crippen molar-refractivity contribution in [2.24, 2.45) is 0 Å². The molecule has 43 heavy (non-hydrogen) atoms. The molecule has 0 saturated carbocycles. The molecule has 1 aliphatic heterocycles. The Kier molecular flexibility index (Phi) is 11.9.